The molecule has 0 unspecified atom stereocenters. The molecule has 0 aromatic carbocycles. The number of primary amides is 1. The fraction of sp³-hybridized carbons (Fsp3) is 0.667. The van der Waals surface area contributed by atoms with Crippen LogP contribution in [0.5, 0.6) is 6.01 Å². The fourth-order valence-electron chi connectivity index (χ4n) is 1.35. The predicted octanol–water partition coefficient (Wildman–Crippen LogP) is 0.00600. The molecule has 1 amide bonds. The summed E-state index contributed by atoms with van der Waals surface area (Å²) in [5.41, 5.74) is 4.96. The first-order valence-corrected chi connectivity index (χ1v) is 6.88. The van der Waals surface area contributed by atoms with Gasteiger partial charge in [0.15, 0.2) is 0 Å². The highest BCUT2D eigenvalue weighted by atomic mass is 16.5. The summed E-state index contributed by atoms with van der Waals surface area (Å²) in [7, 11) is 0. The van der Waals surface area contributed by atoms with Gasteiger partial charge in [-0.2, -0.15) is 15.0 Å². The lowest BCUT2D eigenvalue weighted by Gasteiger charge is -2.09. The summed E-state index contributed by atoms with van der Waals surface area (Å²) in [5, 5.41) is 6.05. The van der Waals surface area contributed by atoms with Gasteiger partial charge in [0.2, 0.25) is 17.8 Å². The van der Waals surface area contributed by atoms with Crippen molar-refractivity contribution in [2.75, 3.05) is 43.5 Å². The van der Waals surface area contributed by atoms with Gasteiger partial charge in [-0.25, -0.2) is 0 Å². The molecule has 1 aromatic heterocycles. The molecule has 9 heteroatoms. The second-order valence-corrected chi connectivity index (χ2v) is 4.07. The lowest BCUT2D eigenvalue weighted by Crippen LogP contribution is -2.21. The summed E-state index contributed by atoms with van der Waals surface area (Å²) in [6, 6.07) is 0.256. The van der Waals surface area contributed by atoms with Crippen LogP contribution in [0.1, 0.15) is 20.3 Å². The van der Waals surface area contributed by atoms with Crippen molar-refractivity contribution < 1.29 is 14.3 Å². The fourth-order valence-corrected chi connectivity index (χ4v) is 1.35. The topological polar surface area (TPSA) is 124 Å². The number of carbonyl (C=O) groups excluding carboxylic acids is 1. The van der Waals surface area contributed by atoms with Gasteiger partial charge >= 0.3 is 6.01 Å². The molecule has 0 atom stereocenters. The Morgan fingerprint density at radius 2 is 1.81 bits per heavy atom. The molecular formula is C12H22N6O3. The second-order valence-electron chi connectivity index (χ2n) is 4.07. The van der Waals surface area contributed by atoms with Crippen LogP contribution in [0.15, 0.2) is 0 Å². The van der Waals surface area contributed by atoms with Gasteiger partial charge in [0.1, 0.15) is 6.61 Å². The minimum atomic E-state index is -0.500. The van der Waals surface area contributed by atoms with E-state index in [1.165, 1.54) is 0 Å². The molecular weight excluding hydrogens is 276 g/mol. The maximum atomic E-state index is 10.5. The maximum absolute atomic E-state index is 10.5. The molecule has 0 radical (unpaired) electrons. The molecule has 0 aliphatic carbocycles. The van der Waals surface area contributed by atoms with Crippen LogP contribution in [-0.2, 0) is 9.53 Å². The van der Waals surface area contributed by atoms with Crippen molar-refractivity contribution in [3.63, 3.8) is 0 Å². The summed E-state index contributed by atoms with van der Waals surface area (Å²) in [4.78, 5) is 23.0. The van der Waals surface area contributed by atoms with Crippen LogP contribution in [0, 0.1) is 0 Å². The Labute approximate surface area is 123 Å². The number of aromatic nitrogens is 3. The third-order valence-electron chi connectivity index (χ3n) is 2.20. The maximum Gasteiger partial charge on any atom is 0.323 e. The number of hydrogen-bond donors (Lipinski definition) is 3. The van der Waals surface area contributed by atoms with Gasteiger partial charge in [-0.15, -0.1) is 0 Å². The summed E-state index contributed by atoms with van der Waals surface area (Å²) >= 11 is 0. The third kappa shape index (κ3) is 7.25. The average Bonchev–Trinajstić information content (AvgIpc) is 2.44. The molecule has 0 spiro atoms. The molecule has 1 heterocycles. The third-order valence-corrected chi connectivity index (χ3v) is 2.20. The Balaban J connectivity index is 2.53. The normalized spacial score (nSPS) is 10.2. The van der Waals surface area contributed by atoms with Gasteiger partial charge in [0, 0.05) is 13.1 Å². The quantitative estimate of drug-likeness (QED) is 0.488. The molecule has 21 heavy (non-hydrogen) atoms. The number of carbonyl (C=O) groups is 1. The van der Waals surface area contributed by atoms with Gasteiger partial charge < -0.3 is 25.8 Å². The first kappa shape index (κ1) is 16.9. The van der Waals surface area contributed by atoms with Crippen molar-refractivity contribution in [2.45, 2.75) is 20.3 Å². The number of hydrogen-bond acceptors (Lipinski definition) is 8. The molecule has 118 valence electrons. The minimum Gasteiger partial charge on any atom is -0.464 e. The van der Waals surface area contributed by atoms with Crippen molar-refractivity contribution in [2.24, 2.45) is 5.73 Å². The minimum absolute atomic E-state index is 0.105. The largest absolute Gasteiger partial charge is 0.464 e. The Bertz CT molecular complexity index is 443. The molecule has 4 N–H and O–H groups in total. The van der Waals surface area contributed by atoms with Crippen molar-refractivity contribution in [3.8, 4) is 6.01 Å². The van der Waals surface area contributed by atoms with Crippen molar-refractivity contribution in [1.29, 1.82) is 0 Å². The van der Waals surface area contributed by atoms with Crippen LogP contribution < -0.4 is 21.1 Å². The lowest BCUT2D eigenvalue weighted by molar-refractivity contribution is -0.122. The molecule has 0 saturated carbocycles. The van der Waals surface area contributed by atoms with Crippen LogP contribution in [0.25, 0.3) is 0 Å². The Morgan fingerprint density at radius 3 is 2.38 bits per heavy atom. The monoisotopic (exact) mass is 298 g/mol. The van der Waals surface area contributed by atoms with Crippen LogP contribution in [-0.4, -0.2) is 53.8 Å². The number of amides is 1. The molecule has 0 aliphatic heterocycles. The zero-order valence-corrected chi connectivity index (χ0v) is 12.4. The smallest absolute Gasteiger partial charge is 0.323 e. The van der Waals surface area contributed by atoms with E-state index < -0.39 is 5.91 Å². The Kier molecular flexibility index (Phi) is 7.80. The number of nitrogens with two attached hydrogens (primary N) is 1. The number of anilines is 2. The second kappa shape index (κ2) is 9.70. The Morgan fingerprint density at radius 1 is 1.14 bits per heavy atom. The van der Waals surface area contributed by atoms with Gasteiger partial charge in [-0.1, -0.05) is 6.92 Å². The van der Waals surface area contributed by atoms with Crippen LogP contribution in [0.3, 0.4) is 0 Å². The molecule has 0 bridgehead atoms. The molecule has 0 fully saturated rings. The summed E-state index contributed by atoms with van der Waals surface area (Å²) in [6.45, 7) is 5.79. The van der Waals surface area contributed by atoms with Crippen molar-refractivity contribution >= 4 is 17.8 Å². The number of ether oxygens (including phenoxy) is 2. The molecule has 1 aromatic rings. The van der Waals surface area contributed by atoms with E-state index in [0.717, 1.165) is 13.0 Å². The predicted molar refractivity (Wildman–Crippen MR) is 78.3 cm³/mol. The van der Waals surface area contributed by atoms with Gasteiger partial charge in [-0.3, -0.25) is 4.79 Å². The highest BCUT2D eigenvalue weighted by Gasteiger charge is 2.06. The SMILES string of the molecule is CCCNc1nc(NCCOCC(N)=O)nc(OCC)n1. The molecule has 1 rings (SSSR count). The van der Waals surface area contributed by atoms with Gasteiger partial charge in [-0.05, 0) is 13.3 Å². The van der Waals surface area contributed by atoms with Gasteiger partial charge in [0.25, 0.3) is 0 Å². The standard InChI is InChI=1S/C12H22N6O3/c1-3-5-14-10-16-11(18-12(17-10)21-4-2)15-6-7-20-8-9(13)19/h3-8H2,1-2H3,(H2,13,19)(H2,14,15,16,17,18). The molecule has 0 aliphatic rings. The van der Waals surface area contributed by atoms with Crippen LogP contribution in [0.2, 0.25) is 0 Å². The van der Waals surface area contributed by atoms with E-state index in [4.69, 9.17) is 15.2 Å². The zero-order valence-electron chi connectivity index (χ0n) is 12.4. The van der Waals surface area contributed by atoms with E-state index in [1.54, 1.807) is 0 Å². The van der Waals surface area contributed by atoms with E-state index in [-0.39, 0.29) is 12.6 Å². The van der Waals surface area contributed by atoms with E-state index >= 15 is 0 Å². The van der Waals surface area contributed by atoms with E-state index in [0.29, 0.717) is 31.7 Å². The highest BCUT2D eigenvalue weighted by molar-refractivity contribution is 5.74. The van der Waals surface area contributed by atoms with Crippen LogP contribution in [0.4, 0.5) is 11.9 Å². The first-order valence-electron chi connectivity index (χ1n) is 6.88. The number of nitrogens with one attached hydrogen (secondary N) is 2. The Hall–Kier alpha value is -2.16. The molecule has 9 nitrogen and oxygen atoms in total. The van der Waals surface area contributed by atoms with E-state index in [9.17, 15) is 4.79 Å². The summed E-state index contributed by atoms with van der Waals surface area (Å²) < 4.78 is 10.3. The van der Waals surface area contributed by atoms with E-state index in [2.05, 4.69) is 25.6 Å². The van der Waals surface area contributed by atoms with E-state index in [1.807, 2.05) is 13.8 Å². The highest BCUT2D eigenvalue weighted by Crippen LogP contribution is 2.11. The van der Waals surface area contributed by atoms with Crippen molar-refractivity contribution in [1.82, 2.24) is 15.0 Å². The average molecular weight is 298 g/mol. The summed E-state index contributed by atoms with van der Waals surface area (Å²) in [5.74, 6) is 0.338. The van der Waals surface area contributed by atoms with Crippen molar-refractivity contribution in [3.05, 3.63) is 0 Å². The number of rotatable bonds is 11. The molecule has 0 saturated heterocycles. The zero-order chi connectivity index (χ0) is 15.5. The first-order chi connectivity index (χ1) is 10.2. The van der Waals surface area contributed by atoms with Crippen LogP contribution >= 0.6 is 0 Å². The summed E-state index contributed by atoms with van der Waals surface area (Å²) in [6.07, 6.45) is 0.958. The number of nitrogens with zero attached hydrogens (tertiary/aromatic N) is 3. The van der Waals surface area contributed by atoms with Gasteiger partial charge in [0.05, 0.1) is 13.2 Å². The lowest BCUT2D eigenvalue weighted by atomic mass is 10.5.